The van der Waals surface area contributed by atoms with Gasteiger partial charge in [0.1, 0.15) is 0 Å². The largest absolute Gasteiger partial charge is 0.494 e. The van der Waals surface area contributed by atoms with Crippen molar-refractivity contribution in [2.24, 2.45) is 5.92 Å². The molecule has 0 spiro atoms. The minimum absolute atomic E-state index is 0.0813. The average Bonchev–Trinajstić information content (AvgIpc) is 2.66. The van der Waals surface area contributed by atoms with Crippen molar-refractivity contribution in [1.82, 2.24) is 5.32 Å². The Morgan fingerprint density at radius 3 is 2.29 bits per heavy atom. The van der Waals surface area contributed by atoms with Gasteiger partial charge < -0.3 is 19.5 Å². The molecular weight excluding hydrogens is 361 g/mol. The minimum atomic E-state index is -0.484. The topological polar surface area (TPSA) is 56.8 Å². The summed E-state index contributed by atoms with van der Waals surface area (Å²) in [4.78, 5) is 12.3. The van der Waals surface area contributed by atoms with Crippen molar-refractivity contribution >= 4 is 5.91 Å². The van der Waals surface area contributed by atoms with Gasteiger partial charge >= 0.3 is 0 Å². The highest BCUT2D eigenvalue weighted by Gasteiger charge is 2.14. The summed E-state index contributed by atoms with van der Waals surface area (Å²) in [5, 5.41) is 2.92. The third-order valence-corrected chi connectivity index (χ3v) is 4.22. The van der Waals surface area contributed by atoms with Crippen LogP contribution in [0.4, 0.5) is 4.39 Å². The number of carbonyl (C=O) groups is 1. The quantitative estimate of drug-likeness (QED) is 0.695. The molecule has 0 bridgehead atoms. The minimum Gasteiger partial charge on any atom is -0.494 e. The van der Waals surface area contributed by atoms with E-state index in [1.165, 1.54) is 19.2 Å². The lowest BCUT2D eigenvalue weighted by Gasteiger charge is -2.18. The number of ether oxygens (including phenoxy) is 3. The van der Waals surface area contributed by atoms with E-state index in [0.717, 1.165) is 5.56 Å². The lowest BCUT2D eigenvalue weighted by molar-refractivity contribution is -0.121. The molecule has 0 saturated carbocycles. The van der Waals surface area contributed by atoms with Gasteiger partial charge in [0.25, 0.3) is 0 Å². The van der Waals surface area contributed by atoms with Gasteiger partial charge in [-0.2, -0.15) is 0 Å². The van der Waals surface area contributed by atoms with E-state index in [9.17, 15) is 9.18 Å². The summed E-state index contributed by atoms with van der Waals surface area (Å²) in [5.41, 5.74) is 1.47. The van der Waals surface area contributed by atoms with Gasteiger partial charge in [-0.1, -0.05) is 26.0 Å². The molecule has 0 aliphatic rings. The Kier molecular flexibility index (Phi) is 7.67. The molecule has 2 rings (SSSR count). The number of hydrogen-bond acceptors (Lipinski definition) is 4. The first kappa shape index (κ1) is 21.5. The second-order valence-corrected chi connectivity index (χ2v) is 7.05. The number of amides is 1. The van der Waals surface area contributed by atoms with Crippen molar-refractivity contribution in [1.29, 1.82) is 0 Å². The van der Waals surface area contributed by atoms with Gasteiger partial charge in [-0.3, -0.25) is 4.79 Å². The standard InChI is InChI=1S/C22H28FNO4/c1-14(2)13-28-20-9-7-17(12-21(20)27-5)15(3)24-22(25)11-16-6-8-19(26-4)18(23)10-16/h6-10,12,14-15H,11,13H2,1-5H3,(H,24,25). The lowest BCUT2D eigenvalue weighted by Crippen LogP contribution is -2.28. The Labute approximate surface area is 165 Å². The third-order valence-electron chi connectivity index (χ3n) is 4.22. The van der Waals surface area contributed by atoms with Crippen molar-refractivity contribution in [2.75, 3.05) is 20.8 Å². The Bertz CT molecular complexity index is 807. The first-order valence-corrected chi connectivity index (χ1v) is 9.26. The van der Waals surface area contributed by atoms with E-state index in [4.69, 9.17) is 14.2 Å². The molecule has 5 nitrogen and oxygen atoms in total. The monoisotopic (exact) mass is 389 g/mol. The molecule has 6 heteroatoms. The molecule has 0 aromatic heterocycles. The second-order valence-electron chi connectivity index (χ2n) is 7.05. The van der Waals surface area contributed by atoms with Crippen LogP contribution in [0, 0.1) is 11.7 Å². The Morgan fingerprint density at radius 2 is 1.68 bits per heavy atom. The summed E-state index contributed by atoms with van der Waals surface area (Å²) in [6.45, 7) is 6.64. The van der Waals surface area contributed by atoms with Gasteiger partial charge in [0.05, 0.1) is 33.3 Å². The molecule has 2 aromatic rings. The van der Waals surface area contributed by atoms with E-state index in [0.29, 0.717) is 29.6 Å². The SMILES string of the molecule is COc1ccc(CC(=O)NC(C)c2ccc(OCC(C)C)c(OC)c2)cc1F. The van der Waals surface area contributed by atoms with Crippen LogP contribution in [0.2, 0.25) is 0 Å². The molecule has 1 amide bonds. The van der Waals surface area contributed by atoms with Crippen molar-refractivity contribution in [3.63, 3.8) is 0 Å². The predicted octanol–water partition coefficient (Wildman–Crippen LogP) is 4.30. The van der Waals surface area contributed by atoms with Crippen LogP contribution < -0.4 is 19.5 Å². The van der Waals surface area contributed by atoms with Gasteiger partial charge in [0, 0.05) is 0 Å². The van der Waals surface area contributed by atoms with Crippen molar-refractivity contribution in [3.8, 4) is 17.2 Å². The van der Waals surface area contributed by atoms with Crippen LogP contribution >= 0.6 is 0 Å². The zero-order valence-electron chi connectivity index (χ0n) is 17.0. The molecule has 1 atom stereocenters. The van der Waals surface area contributed by atoms with Gasteiger partial charge in [-0.05, 0) is 48.2 Å². The molecule has 0 aliphatic carbocycles. The van der Waals surface area contributed by atoms with E-state index in [2.05, 4.69) is 19.2 Å². The molecule has 0 heterocycles. The predicted molar refractivity (Wildman–Crippen MR) is 107 cm³/mol. The smallest absolute Gasteiger partial charge is 0.224 e. The van der Waals surface area contributed by atoms with Gasteiger partial charge in [-0.25, -0.2) is 4.39 Å². The summed E-state index contributed by atoms with van der Waals surface area (Å²) in [6, 6.07) is 9.87. The van der Waals surface area contributed by atoms with E-state index < -0.39 is 5.82 Å². The highest BCUT2D eigenvalue weighted by molar-refractivity contribution is 5.79. The van der Waals surface area contributed by atoms with E-state index in [1.807, 2.05) is 25.1 Å². The molecule has 152 valence electrons. The lowest BCUT2D eigenvalue weighted by atomic mass is 10.1. The molecule has 1 N–H and O–H groups in total. The van der Waals surface area contributed by atoms with Crippen LogP contribution in [0.25, 0.3) is 0 Å². The van der Waals surface area contributed by atoms with Crippen LogP contribution in [0.15, 0.2) is 36.4 Å². The number of halogens is 1. The summed E-state index contributed by atoms with van der Waals surface area (Å²) >= 11 is 0. The average molecular weight is 389 g/mol. The molecule has 28 heavy (non-hydrogen) atoms. The molecule has 0 aliphatic heterocycles. The van der Waals surface area contributed by atoms with Crippen molar-refractivity contribution in [3.05, 3.63) is 53.3 Å². The Hall–Kier alpha value is -2.76. The maximum absolute atomic E-state index is 13.8. The zero-order valence-corrected chi connectivity index (χ0v) is 17.0. The third kappa shape index (κ3) is 5.87. The normalized spacial score (nSPS) is 11.8. The first-order valence-electron chi connectivity index (χ1n) is 9.26. The highest BCUT2D eigenvalue weighted by atomic mass is 19.1. The zero-order chi connectivity index (χ0) is 20.7. The summed E-state index contributed by atoms with van der Waals surface area (Å²) in [5.74, 6) is 1.18. The highest BCUT2D eigenvalue weighted by Crippen LogP contribution is 2.30. The number of benzene rings is 2. The van der Waals surface area contributed by atoms with Gasteiger partial charge in [0.15, 0.2) is 23.1 Å². The number of rotatable bonds is 9. The van der Waals surface area contributed by atoms with Crippen LogP contribution in [0.1, 0.15) is 37.9 Å². The van der Waals surface area contributed by atoms with E-state index >= 15 is 0 Å². The molecular formula is C22H28FNO4. The molecule has 2 aromatic carbocycles. The van der Waals surface area contributed by atoms with Crippen LogP contribution in [0.3, 0.4) is 0 Å². The second kappa shape index (κ2) is 9.97. The van der Waals surface area contributed by atoms with E-state index in [1.54, 1.807) is 13.2 Å². The number of carbonyl (C=O) groups excluding carboxylic acids is 1. The van der Waals surface area contributed by atoms with E-state index in [-0.39, 0.29) is 24.1 Å². The summed E-state index contributed by atoms with van der Waals surface area (Å²) in [6.07, 6.45) is 0.0813. The molecule has 1 unspecified atom stereocenters. The Balaban J connectivity index is 2.02. The number of nitrogens with one attached hydrogen (secondary N) is 1. The fourth-order valence-corrected chi connectivity index (χ4v) is 2.71. The van der Waals surface area contributed by atoms with Gasteiger partial charge in [0.2, 0.25) is 5.91 Å². The molecule has 0 saturated heterocycles. The first-order chi connectivity index (χ1) is 13.3. The van der Waals surface area contributed by atoms with Crippen LogP contribution in [-0.2, 0) is 11.2 Å². The summed E-state index contributed by atoms with van der Waals surface area (Å²) < 4.78 is 29.8. The molecule has 0 fully saturated rings. The molecule has 0 radical (unpaired) electrons. The fourth-order valence-electron chi connectivity index (χ4n) is 2.71. The Morgan fingerprint density at radius 1 is 1.00 bits per heavy atom. The fraction of sp³-hybridized carbons (Fsp3) is 0.409. The van der Waals surface area contributed by atoms with Crippen molar-refractivity contribution in [2.45, 2.75) is 33.2 Å². The summed E-state index contributed by atoms with van der Waals surface area (Å²) in [7, 11) is 2.99. The van der Waals surface area contributed by atoms with Crippen LogP contribution in [0.5, 0.6) is 17.2 Å². The van der Waals surface area contributed by atoms with Gasteiger partial charge in [-0.15, -0.1) is 0 Å². The van der Waals surface area contributed by atoms with Crippen LogP contribution in [-0.4, -0.2) is 26.7 Å². The maximum atomic E-state index is 13.8. The van der Waals surface area contributed by atoms with Crippen molar-refractivity contribution < 1.29 is 23.4 Å². The number of hydrogen-bond donors (Lipinski definition) is 1. The maximum Gasteiger partial charge on any atom is 0.224 e. The number of methoxy groups -OCH3 is 2.